The lowest BCUT2D eigenvalue weighted by molar-refractivity contribution is -0.122. The Hall–Kier alpha value is -4.08. The number of aromatic nitrogens is 6. The first-order chi connectivity index (χ1) is 16.5. The molecule has 0 unspecified atom stereocenters. The predicted octanol–water partition coefficient (Wildman–Crippen LogP) is 3.11. The van der Waals surface area contributed by atoms with E-state index in [9.17, 15) is 4.79 Å². The van der Waals surface area contributed by atoms with Crippen molar-refractivity contribution in [3.63, 3.8) is 0 Å². The van der Waals surface area contributed by atoms with E-state index in [4.69, 9.17) is 10.7 Å². The highest BCUT2D eigenvalue weighted by atomic mass is 16.1. The number of anilines is 3. The molecule has 1 aliphatic rings. The van der Waals surface area contributed by atoms with Gasteiger partial charge in [0, 0.05) is 31.4 Å². The van der Waals surface area contributed by atoms with Crippen LogP contribution in [-0.2, 0) is 4.79 Å². The highest BCUT2D eigenvalue weighted by Gasteiger charge is 2.28. The number of fused-ring (bicyclic) bond motifs is 1. The molecule has 10 nitrogen and oxygen atoms in total. The first-order valence-corrected chi connectivity index (χ1v) is 11.3. The number of aryl methyl sites for hydroxylation is 1. The number of nitrogens with two attached hydrogens (primary N) is 1. The van der Waals surface area contributed by atoms with Crippen LogP contribution in [0.15, 0.2) is 49.4 Å². The average molecular weight is 458 g/mol. The Bertz CT molecular complexity index is 1310. The zero-order valence-electron chi connectivity index (χ0n) is 19.2. The molecule has 5 rings (SSSR count). The van der Waals surface area contributed by atoms with Crippen LogP contribution in [0.1, 0.15) is 31.2 Å². The van der Waals surface area contributed by atoms with Gasteiger partial charge in [-0.05, 0) is 50.3 Å². The molecule has 1 amide bonds. The van der Waals surface area contributed by atoms with Crippen molar-refractivity contribution < 1.29 is 4.79 Å². The smallest absolute Gasteiger partial charge is 0.225 e. The number of pyridine rings is 1. The van der Waals surface area contributed by atoms with E-state index in [1.165, 1.54) is 6.33 Å². The Labute approximate surface area is 197 Å². The molecule has 3 N–H and O–H groups in total. The van der Waals surface area contributed by atoms with Crippen molar-refractivity contribution in [2.75, 3.05) is 17.3 Å². The van der Waals surface area contributed by atoms with E-state index in [1.54, 1.807) is 12.4 Å². The van der Waals surface area contributed by atoms with Crippen molar-refractivity contribution in [1.29, 1.82) is 0 Å². The molecular formula is C24H27N9O. The number of imidazole rings is 1. The molecule has 0 aromatic carbocycles. The SMILES string of the molecule is Cc1cnc(N(C)C2CCC(C(N)=O)CC2)nc1-c1cnc2ccc(Nc3cncnc3)cn12. The Morgan fingerprint density at radius 1 is 1.06 bits per heavy atom. The Balaban J connectivity index is 1.43. The summed E-state index contributed by atoms with van der Waals surface area (Å²) < 4.78 is 2.02. The van der Waals surface area contributed by atoms with E-state index in [0.29, 0.717) is 5.95 Å². The van der Waals surface area contributed by atoms with Gasteiger partial charge in [0.05, 0.1) is 41.4 Å². The fraction of sp³-hybridized carbons (Fsp3) is 0.333. The number of nitrogens with one attached hydrogen (secondary N) is 1. The van der Waals surface area contributed by atoms with Gasteiger partial charge in [-0.15, -0.1) is 0 Å². The van der Waals surface area contributed by atoms with Crippen LogP contribution in [-0.4, -0.2) is 48.3 Å². The second-order valence-electron chi connectivity index (χ2n) is 8.76. The van der Waals surface area contributed by atoms with Gasteiger partial charge in [0.1, 0.15) is 12.0 Å². The van der Waals surface area contributed by atoms with Crippen LogP contribution in [0.3, 0.4) is 0 Å². The third-order valence-electron chi connectivity index (χ3n) is 6.52. The summed E-state index contributed by atoms with van der Waals surface area (Å²) in [4.78, 5) is 35.8. The molecule has 10 heteroatoms. The number of hydrogen-bond donors (Lipinski definition) is 2. The van der Waals surface area contributed by atoms with Crippen molar-refractivity contribution in [2.24, 2.45) is 11.7 Å². The van der Waals surface area contributed by atoms with Gasteiger partial charge in [0.15, 0.2) is 0 Å². The van der Waals surface area contributed by atoms with Crippen molar-refractivity contribution >= 4 is 28.9 Å². The van der Waals surface area contributed by atoms with Crippen LogP contribution in [0.4, 0.5) is 17.3 Å². The van der Waals surface area contributed by atoms with E-state index in [-0.39, 0.29) is 17.9 Å². The van der Waals surface area contributed by atoms with Crippen molar-refractivity contribution in [2.45, 2.75) is 38.6 Å². The van der Waals surface area contributed by atoms with E-state index in [1.807, 2.05) is 49.1 Å². The number of carbonyl (C=O) groups is 1. The van der Waals surface area contributed by atoms with Crippen molar-refractivity contribution in [1.82, 2.24) is 29.3 Å². The van der Waals surface area contributed by atoms with Gasteiger partial charge in [-0.25, -0.2) is 24.9 Å². The maximum Gasteiger partial charge on any atom is 0.225 e. The van der Waals surface area contributed by atoms with Gasteiger partial charge < -0.3 is 16.0 Å². The second-order valence-corrected chi connectivity index (χ2v) is 8.76. The molecule has 0 radical (unpaired) electrons. The lowest BCUT2D eigenvalue weighted by Crippen LogP contribution is -2.38. The molecular weight excluding hydrogens is 430 g/mol. The zero-order valence-corrected chi connectivity index (χ0v) is 19.2. The molecule has 4 aromatic rings. The Morgan fingerprint density at radius 3 is 2.56 bits per heavy atom. The van der Waals surface area contributed by atoms with Crippen molar-refractivity contribution in [3.8, 4) is 11.4 Å². The van der Waals surface area contributed by atoms with Gasteiger partial charge in [0.25, 0.3) is 0 Å². The monoisotopic (exact) mass is 457 g/mol. The first kappa shape index (κ1) is 21.7. The maximum atomic E-state index is 11.5. The number of hydrogen-bond acceptors (Lipinski definition) is 8. The van der Waals surface area contributed by atoms with Crippen LogP contribution in [0, 0.1) is 12.8 Å². The van der Waals surface area contributed by atoms with E-state index >= 15 is 0 Å². The minimum absolute atomic E-state index is 0.0254. The van der Waals surface area contributed by atoms with Gasteiger partial charge in [-0.1, -0.05) is 0 Å². The minimum atomic E-state index is -0.198. The van der Waals surface area contributed by atoms with Crippen LogP contribution in [0.5, 0.6) is 0 Å². The van der Waals surface area contributed by atoms with Gasteiger partial charge in [-0.2, -0.15) is 0 Å². The highest BCUT2D eigenvalue weighted by molar-refractivity contribution is 5.76. The van der Waals surface area contributed by atoms with Gasteiger partial charge in [0.2, 0.25) is 11.9 Å². The zero-order chi connectivity index (χ0) is 23.7. The Kier molecular flexibility index (Phi) is 5.79. The summed E-state index contributed by atoms with van der Waals surface area (Å²) in [6.45, 7) is 2.00. The molecule has 1 saturated carbocycles. The topological polar surface area (TPSA) is 127 Å². The molecule has 0 saturated heterocycles. The van der Waals surface area contributed by atoms with E-state index in [2.05, 4.69) is 30.2 Å². The summed E-state index contributed by atoms with van der Waals surface area (Å²) in [5.41, 5.74) is 10.7. The molecule has 0 spiro atoms. The molecule has 0 aliphatic heterocycles. The van der Waals surface area contributed by atoms with E-state index < -0.39 is 0 Å². The number of carbonyl (C=O) groups excluding carboxylic acids is 1. The molecule has 1 aliphatic carbocycles. The molecule has 0 bridgehead atoms. The molecule has 4 aromatic heterocycles. The molecule has 34 heavy (non-hydrogen) atoms. The standard InChI is InChI=1S/C24H27N9O/c1-15-9-29-24(32(2)19-6-3-16(4-7-19)23(25)34)31-22(15)20-12-28-21-8-5-17(13-33(20)21)30-18-10-26-14-27-11-18/h5,8-14,16,19,30H,3-4,6-7H2,1-2H3,(H2,25,34). The van der Waals surface area contributed by atoms with Crippen LogP contribution >= 0.6 is 0 Å². The lowest BCUT2D eigenvalue weighted by atomic mass is 9.85. The normalized spacial score (nSPS) is 18.1. The summed E-state index contributed by atoms with van der Waals surface area (Å²) in [6, 6.07) is 4.20. The number of amides is 1. The third-order valence-corrected chi connectivity index (χ3v) is 6.52. The summed E-state index contributed by atoms with van der Waals surface area (Å²) in [6.07, 6.45) is 14.0. The fourth-order valence-corrected chi connectivity index (χ4v) is 4.53. The summed E-state index contributed by atoms with van der Waals surface area (Å²) in [5.74, 6) is 0.438. The summed E-state index contributed by atoms with van der Waals surface area (Å²) in [5, 5.41) is 3.32. The quantitative estimate of drug-likeness (QED) is 0.452. The highest BCUT2D eigenvalue weighted by Crippen LogP contribution is 2.30. The van der Waals surface area contributed by atoms with Crippen LogP contribution in [0.2, 0.25) is 0 Å². The number of rotatable bonds is 6. The Morgan fingerprint density at radius 2 is 1.82 bits per heavy atom. The average Bonchev–Trinajstić information content (AvgIpc) is 3.28. The summed E-state index contributed by atoms with van der Waals surface area (Å²) in [7, 11) is 2.02. The molecule has 4 heterocycles. The molecule has 174 valence electrons. The minimum Gasteiger partial charge on any atom is -0.369 e. The number of nitrogens with zero attached hydrogens (tertiary/aromatic N) is 7. The second kappa shape index (κ2) is 9.05. The van der Waals surface area contributed by atoms with E-state index in [0.717, 1.165) is 59.7 Å². The maximum absolute atomic E-state index is 11.5. The molecule has 1 fully saturated rings. The van der Waals surface area contributed by atoms with Gasteiger partial charge in [-0.3, -0.25) is 9.20 Å². The largest absolute Gasteiger partial charge is 0.369 e. The number of primary amides is 1. The van der Waals surface area contributed by atoms with Gasteiger partial charge >= 0.3 is 0 Å². The lowest BCUT2D eigenvalue weighted by Gasteiger charge is -2.33. The van der Waals surface area contributed by atoms with Crippen molar-refractivity contribution in [3.05, 3.63) is 55.0 Å². The summed E-state index contributed by atoms with van der Waals surface area (Å²) >= 11 is 0. The van der Waals surface area contributed by atoms with Crippen LogP contribution < -0.4 is 16.0 Å². The molecule has 0 atom stereocenters. The van der Waals surface area contributed by atoms with Crippen LogP contribution in [0.25, 0.3) is 17.0 Å². The predicted molar refractivity (Wildman–Crippen MR) is 130 cm³/mol. The fourth-order valence-electron chi connectivity index (χ4n) is 4.53. The first-order valence-electron chi connectivity index (χ1n) is 11.3. The third kappa shape index (κ3) is 4.26.